The Hall–Kier alpha value is -2.09. The number of anilines is 1. The number of hydrogen-bond donors (Lipinski definition) is 1. The summed E-state index contributed by atoms with van der Waals surface area (Å²) in [6, 6.07) is 4.31. The minimum absolute atomic E-state index is 0.0836. The van der Waals surface area contributed by atoms with E-state index in [0.29, 0.717) is 12.1 Å². The number of non-ortho nitro benzene ring substituents is 1. The fourth-order valence-electron chi connectivity index (χ4n) is 1.93. The molecule has 1 aromatic rings. The Morgan fingerprint density at radius 1 is 1.35 bits per heavy atom. The van der Waals surface area contributed by atoms with Crippen molar-refractivity contribution in [1.82, 2.24) is 5.32 Å². The third-order valence-corrected chi connectivity index (χ3v) is 3.59. The molecule has 1 fully saturated rings. The second-order valence-electron chi connectivity index (χ2n) is 4.23. The lowest BCUT2D eigenvalue weighted by molar-refractivity contribution is -0.384. The SMILES string of the molecule is CSCCC1NC(=O)N(c2ccc([N+](=O)[O-])cc2)C1=O. The van der Waals surface area contributed by atoms with E-state index in [0.717, 1.165) is 10.7 Å². The Bertz CT molecular complexity index is 546. The highest BCUT2D eigenvalue weighted by Crippen LogP contribution is 2.23. The molecule has 1 aliphatic rings. The van der Waals surface area contributed by atoms with Gasteiger partial charge in [0.2, 0.25) is 0 Å². The van der Waals surface area contributed by atoms with E-state index in [4.69, 9.17) is 0 Å². The van der Waals surface area contributed by atoms with E-state index in [9.17, 15) is 19.7 Å². The van der Waals surface area contributed by atoms with Crippen molar-refractivity contribution in [3.63, 3.8) is 0 Å². The summed E-state index contributed by atoms with van der Waals surface area (Å²) in [5, 5.41) is 13.2. The molecule has 1 aliphatic heterocycles. The lowest BCUT2D eigenvalue weighted by Gasteiger charge is -2.12. The molecule has 3 amide bonds. The van der Waals surface area contributed by atoms with Gasteiger partial charge in [-0.15, -0.1) is 0 Å². The molecule has 0 saturated carbocycles. The average molecular weight is 295 g/mol. The number of thioether (sulfide) groups is 1. The van der Waals surface area contributed by atoms with Gasteiger partial charge in [0.15, 0.2) is 0 Å². The molecular weight excluding hydrogens is 282 g/mol. The average Bonchev–Trinajstić information content (AvgIpc) is 2.71. The monoisotopic (exact) mass is 295 g/mol. The summed E-state index contributed by atoms with van der Waals surface area (Å²) in [6.45, 7) is 0. The standard InChI is InChI=1S/C12H13N3O4S/c1-20-7-6-10-11(16)14(12(17)13-10)8-2-4-9(5-3-8)15(18)19/h2-5,10H,6-7H2,1H3,(H,13,17). The number of amides is 3. The molecule has 1 heterocycles. The number of nitro benzene ring substituents is 1. The van der Waals surface area contributed by atoms with Gasteiger partial charge in [0, 0.05) is 12.1 Å². The van der Waals surface area contributed by atoms with Crippen molar-refractivity contribution in [3.05, 3.63) is 34.4 Å². The smallest absolute Gasteiger partial charge is 0.325 e. The van der Waals surface area contributed by atoms with Crippen molar-refractivity contribution in [3.8, 4) is 0 Å². The van der Waals surface area contributed by atoms with Crippen LogP contribution in [0, 0.1) is 10.1 Å². The molecule has 1 saturated heterocycles. The molecule has 0 spiro atoms. The molecule has 7 nitrogen and oxygen atoms in total. The Labute approximate surface area is 119 Å². The van der Waals surface area contributed by atoms with Crippen LogP contribution in [-0.4, -0.2) is 34.9 Å². The first kappa shape index (κ1) is 14.3. The molecule has 0 radical (unpaired) electrons. The normalized spacial score (nSPS) is 18.2. The maximum absolute atomic E-state index is 12.1. The van der Waals surface area contributed by atoms with Crippen molar-refractivity contribution >= 4 is 35.1 Å². The van der Waals surface area contributed by atoms with Gasteiger partial charge in [-0.2, -0.15) is 11.8 Å². The number of urea groups is 1. The highest BCUT2D eigenvalue weighted by molar-refractivity contribution is 7.98. The predicted molar refractivity (Wildman–Crippen MR) is 75.9 cm³/mol. The highest BCUT2D eigenvalue weighted by atomic mass is 32.2. The molecular formula is C12H13N3O4S. The van der Waals surface area contributed by atoms with Gasteiger partial charge in [0.25, 0.3) is 11.6 Å². The summed E-state index contributed by atoms with van der Waals surface area (Å²) < 4.78 is 0. The summed E-state index contributed by atoms with van der Waals surface area (Å²) in [5.74, 6) is 0.447. The molecule has 1 N–H and O–H groups in total. The van der Waals surface area contributed by atoms with Crippen molar-refractivity contribution < 1.29 is 14.5 Å². The zero-order valence-corrected chi connectivity index (χ0v) is 11.6. The summed E-state index contributed by atoms with van der Waals surface area (Å²) in [5.41, 5.74) is 0.254. The highest BCUT2D eigenvalue weighted by Gasteiger charge is 2.38. The summed E-state index contributed by atoms with van der Waals surface area (Å²) in [4.78, 5) is 35.0. The van der Waals surface area contributed by atoms with Crippen LogP contribution in [0.15, 0.2) is 24.3 Å². The molecule has 20 heavy (non-hydrogen) atoms. The molecule has 0 aliphatic carbocycles. The van der Waals surface area contributed by atoms with Gasteiger partial charge in [-0.1, -0.05) is 0 Å². The minimum Gasteiger partial charge on any atom is -0.325 e. The number of rotatable bonds is 5. The second kappa shape index (κ2) is 5.91. The van der Waals surface area contributed by atoms with Crippen LogP contribution >= 0.6 is 11.8 Å². The predicted octanol–water partition coefficient (Wildman–Crippen LogP) is 1.77. The second-order valence-corrected chi connectivity index (χ2v) is 5.22. The number of carbonyl (C=O) groups is 2. The van der Waals surface area contributed by atoms with E-state index in [1.165, 1.54) is 24.3 Å². The molecule has 8 heteroatoms. The maximum atomic E-state index is 12.1. The van der Waals surface area contributed by atoms with Crippen molar-refractivity contribution in [2.24, 2.45) is 0 Å². The van der Waals surface area contributed by atoms with Crippen LogP contribution in [0.3, 0.4) is 0 Å². The largest absolute Gasteiger partial charge is 0.329 e. The number of benzene rings is 1. The van der Waals surface area contributed by atoms with E-state index in [1.54, 1.807) is 11.8 Å². The zero-order valence-electron chi connectivity index (χ0n) is 10.7. The number of nitrogens with zero attached hydrogens (tertiary/aromatic N) is 2. The quantitative estimate of drug-likeness (QED) is 0.507. The van der Waals surface area contributed by atoms with E-state index in [1.807, 2.05) is 6.26 Å². The van der Waals surface area contributed by atoms with Crippen LogP contribution in [0.5, 0.6) is 0 Å². The van der Waals surface area contributed by atoms with Crippen molar-refractivity contribution in [2.75, 3.05) is 16.9 Å². The van der Waals surface area contributed by atoms with E-state index in [-0.39, 0.29) is 11.6 Å². The first-order chi connectivity index (χ1) is 9.54. The van der Waals surface area contributed by atoms with Gasteiger partial charge in [-0.05, 0) is 30.6 Å². The molecule has 1 atom stereocenters. The summed E-state index contributed by atoms with van der Waals surface area (Å²) in [6.07, 6.45) is 2.49. The first-order valence-electron chi connectivity index (χ1n) is 5.92. The lowest BCUT2D eigenvalue weighted by Crippen LogP contribution is -2.31. The third kappa shape index (κ3) is 2.74. The Kier molecular flexibility index (Phi) is 4.23. The van der Waals surface area contributed by atoms with Gasteiger partial charge in [0.05, 0.1) is 10.6 Å². The first-order valence-corrected chi connectivity index (χ1v) is 7.32. The molecule has 1 aromatic carbocycles. The molecule has 1 unspecified atom stereocenters. The van der Waals surface area contributed by atoms with Crippen molar-refractivity contribution in [1.29, 1.82) is 0 Å². The van der Waals surface area contributed by atoms with Gasteiger partial charge in [-0.3, -0.25) is 14.9 Å². The van der Waals surface area contributed by atoms with E-state index < -0.39 is 17.0 Å². The van der Waals surface area contributed by atoms with Crippen LogP contribution in [0.2, 0.25) is 0 Å². The van der Waals surface area contributed by atoms with Crippen molar-refractivity contribution in [2.45, 2.75) is 12.5 Å². The van der Waals surface area contributed by atoms with Gasteiger partial charge >= 0.3 is 6.03 Å². The number of carbonyl (C=O) groups excluding carboxylic acids is 2. The van der Waals surface area contributed by atoms with Crippen LogP contribution in [0.25, 0.3) is 0 Å². The van der Waals surface area contributed by atoms with Crippen LogP contribution in [0.1, 0.15) is 6.42 Å². The van der Waals surface area contributed by atoms with Crippen LogP contribution in [-0.2, 0) is 4.79 Å². The van der Waals surface area contributed by atoms with Crippen LogP contribution < -0.4 is 10.2 Å². The maximum Gasteiger partial charge on any atom is 0.329 e. The molecule has 106 valence electrons. The number of hydrogen-bond acceptors (Lipinski definition) is 5. The summed E-state index contributed by atoms with van der Waals surface area (Å²) >= 11 is 1.60. The zero-order chi connectivity index (χ0) is 14.7. The fraction of sp³-hybridized carbons (Fsp3) is 0.333. The fourth-order valence-corrected chi connectivity index (χ4v) is 2.40. The Morgan fingerprint density at radius 3 is 2.55 bits per heavy atom. The minimum atomic E-state index is -0.531. The van der Waals surface area contributed by atoms with E-state index >= 15 is 0 Å². The number of imide groups is 1. The van der Waals surface area contributed by atoms with Gasteiger partial charge in [0.1, 0.15) is 6.04 Å². The Balaban J connectivity index is 2.17. The van der Waals surface area contributed by atoms with Gasteiger partial charge < -0.3 is 5.32 Å². The van der Waals surface area contributed by atoms with Gasteiger partial charge in [-0.25, -0.2) is 9.69 Å². The van der Waals surface area contributed by atoms with Crippen LogP contribution in [0.4, 0.5) is 16.2 Å². The molecule has 0 bridgehead atoms. The molecule has 2 rings (SSSR count). The van der Waals surface area contributed by atoms with E-state index in [2.05, 4.69) is 5.32 Å². The third-order valence-electron chi connectivity index (χ3n) is 2.95. The number of nitro groups is 1. The Morgan fingerprint density at radius 2 is 2.00 bits per heavy atom. The lowest BCUT2D eigenvalue weighted by atomic mass is 10.2. The topological polar surface area (TPSA) is 92.6 Å². The molecule has 0 aromatic heterocycles. The summed E-state index contributed by atoms with van der Waals surface area (Å²) in [7, 11) is 0. The number of nitrogens with one attached hydrogen (secondary N) is 1.